The molecule has 0 bridgehead atoms. The van der Waals surface area contributed by atoms with Gasteiger partial charge in [-0.15, -0.1) is 0 Å². The minimum atomic E-state index is -3.76. The lowest BCUT2D eigenvalue weighted by Gasteiger charge is -2.18. The topological polar surface area (TPSA) is 64.6 Å². The van der Waals surface area contributed by atoms with Crippen LogP contribution in [0.1, 0.15) is 24.1 Å². The number of halogens is 2. The lowest BCUT2D eigenvalue weighted by Crippen LogP contribution is -2.28. The van der Waals surface area contributed by atoms with Crippen LogP contribution in [0.25, 0.3) is 0 Å². The molecule has 0 radical (unpaired) electrons. The summed E-state index contributed by atoms with van der Waals surface area (Å²) >= 11 is 3.15. The Morgan fingerprint density at radius 2 is 1.88 bits per heavy atom. The molecule has 0 aliphatic carbocycles. The number of nitrogens with one attached hydrogen (secondary N) is 1. The summed E-state index contributed by atoms with van der Waals surface area (Å²) in [5.41, 5.74) is 0.724. The third-order valence-electron chi connectivity index (χ3n) is 3.62. The molecule has 0 aliphatic rings. The zero-order chi connectivity index (χ0) is 18.6. The van der Waals surface area contributed by atoms with E-state index in [0.29, 0.717) is 21.5 Å². The highest BCUT2D eigenvalue weighted by molar-refractivity contribution is 9.10. The fourth-order valence-corrected chi connectivity index (χ4v) is 4.12. The van der Waals surface area contributed by atoms with E-state index < -0.39 is 27.6 Å². The molecule has 0 spiro atoms. The Balaban J connectivity index is 2.22. The van der Waals surface area contributed by atoms with Crippen molar-refractivity contribution in [2.24, 2.45) is 0 Å². The number of rotatable bonds is 7. The monoisotopic (exact) mass is 431 g/mol. The van der Waals surface area contributed by atoms with E-state index in [1.807, 2.05) is 0 Å². The van der Waals surface area contributed by atoms with Crippen molar-refractivity contribution in [3.05, 3.63) is 57.8 Å². The quantitative estimate of drug-likeness (QED) is 0.724. The Hall–Kier alpha value is -1.64. The van der Waals surface area contributed by atoms with Crippen LogP contribution in [0.5, 0.6) is 11.5 Å². The van der Waals surface area contributed by atoms with Gasteiger partial charge in [0.25, 0.3) is 0 Å². The molecule has 0 amide bonds. The smallest absolute Gasteiger partial charge is 0.216 e. The fraction of sp³-hybridized carbons (Fsp3) is 0.294. The highest BCUT2D eigenvalue weighted by atomic mass is 79.9. The molecule has 2 aromatic carbocycles. The number of ether oxygens (including phenoxy) is 2. The third kappa shape index (κ3) is 5.17. The summed E-state index contributed by atoms with van der Waals surface area (Å²) in [7, 11) is -0.735. The molecule has 5 nitrogen and oxygen atoms in total. The minimum absolute atomic E-state index is 0.0977. The van der Waals surface area contributed by atoms with Crippen LogP contribution < -0.4 is 14.2 Å². The van der Waals surface area contributed by atoms with Crippen LogP contribution in [0, 0.1) is 5.82 Å². The van der Waals surface area contributed by atoms with Crippen molar-refractivity contribution < 1.29 is 22.3 Å². The van der Waals surface area contributed by atoms with Gasteiger partial charge in [0.15, 0.2) is 0 Å². The first-order chi connectivity index (χ1) is 11.8. The lowest BCUT2D eigenvalue weighted by molar-refractivity contribution is 0.395. The molecule has 2 rings (SSSR count). The molecule has 1 atom stereocenters. The van der Waals surface area contributed by atoms with E-state index in [4.69, 9.17) is 9.47 Å². The molecule has 0 aromatic heterocycles. The average molecular weight is 432 g/mol. The van der Waals surface area contributed by atoms with E-state index in [-0.39, 0.29) is 5.56 Å². The summed E-state index contributed by atoms with van der Waals surface area (Å²) in [6.45, 7) is 1.69. The van der Waals surface area contributed by atoms with Crippen LogP contribution in [0.15, 0.2) is 40.9 Å². The average Bonchev–Trinajstić information content (AvgIpc) is 2.56. The SMILES string of the molecule is COc1ccc(OC)c(C(C)NS(=O)(=O)Cc2ccc(Br)cc2F)c1. The van der Waals surface area contributed by atoms with E-state index in [1.165, 1.54) is 26.4 Å². The first kappa shape index (κ1) is 19.7. The first-order valence-electron chi connectivity index (χ1n) is 7.41. The van der Waals surface area contributed by atoms with E-state index in [1.54, 1.807) is 31.2 Å². The van der Waals surface area contributed by atoms with Crippen LogP contribution >= 0.6 is 15.9 Å². The molecule has 136 valence electrons. The summed E-state index contributed by atoms with van der Waals surface area (Å²) in [6, 6.07) is 8.82. The number of methoxy groups -OCH3 is 2. The van der Waals surface area contributed by atoms with Crippen molar-refractivity contribution in [2.75, 3.05) is 14.2 Å². The molecule has 0 saturated carbocycles. The molecule has 1 N–H and O–H groups in total. The van der Waals surface area contributed by atoms with E-state index >= 15 is 0 Å². The van der Waals surface area contributed by atoms with Crippen LogP contribution in [0.4, 0.5) is 4.39 Å². The number of hydrogen-bond donors (Lipinski definition) is 1. The molecular formula is C17H19BrFNO4S. The molecule has 0 aliphatic heterocycles. The van der Waals surface area contributed by atoms with Gasteiger partial charge in [-0.1, -0.05) is 22.0 Å². The highest BCUT2D eigenvalue weighted by Crippen LogP contribution is 2.30. The molecule has 2 aromatic rings. The Bertz CT molecular complexity index is 858. The molecule has 8 heteroatoms. The highest BCUT2D eigenvalue weighted by Gasteiger charge is 2.21. The zero-order valence-corrected chi connectivity index (χ0v) is 16.4. The van der Waals surface area contributed by atoms with Gasteiger partial charge < -0.3 is 9.47 Å². The minimum Gasteiger partial charge on any atom is -0.497 e. The molecule has 1 unspecified atom stereocenters. The van der Waals surface area contributed by atoms with Gasteiger partial charge >= 0.3 is 0 Å². The van der Waals surface area contributed by atoms with Crippen LogP contribution in [0.2, 0.25) is 0 Å². The van der Waals surface area contributed by atoms with Crippen LogP contribution in [-0.4, -0.2) is 22.6 Å². The van der Waals surface area contributed by atoms with E-state index in [0.717, 1.165) is 0 Å². The summed E-state index contributed by atoms with van der Waals surface area (Å²) in [5.74, 6) is 0.0842. The van der Waals surface area contributed by atoms with Crippen LogP contribution in [-0.2, 0) is 15.8 Å². The molecule has 0 fully saturated rings. The maximum atomic E-state index is 13.9. The van der Waals surface area contributed by atoms with Gasteiger partial charge in [-0.3, -0.25) is 0 Å². The Labute approximate surface area is 155 Å². The predicted octanol–water partition coefficient (Wildman–Crippen LogP) is 3.79. The van der Waals surface area contributed by atoms with Gasteiger partial charge in [0.05, 0.1) is 20.0 Å². The van der Waals surface area contributed by atoms with E-state index in [9.17, 15) is 12.8 Å². The van der Waals surface area contributed by atoms with Gasteiger partial charge in [-0.05, 0) is 37.3 Å². The van der Waals surface area contributed by atoms with Gasteiger partial charge in [0, 0.05) is 21.6 Å². The summed E-state index contributed by atoms with van der Waals surface area (Å²) < 4.78 is 52.3. The predicted molar refractivity (Wildman–Crippen MR) is 97.8 cm³/mol. The number of hydrogen-bond acceptors (Lipinski definition) is 4. The van der Waals surface area contributed by atoms with E-state index in [2.05, 4.69) is 20.7 Å². The van der Waals surface area contributed by atoms with Gasteiger partial charge in [-0.25, -0.2) is 17.5 Å². The Morgan fingerprint density at radius 3 is 2.48 bits per heavy atom. The lowest BCUT2D eigenvalue weighted by atomic mass is 10.1. The summed E-state index contributed by atoms with van der Waals surface area (Å²) in [6.07, 6.45) is 0. The largest absolute Gasteiger partial charge is 0.497 e. The van der Waals surface area contributed by atoms with Crippen molar-refractivity contribution in [1.82, 2.24) is 4.72 Å². The second-order valence-electron chi connectivity index (χ2n) is 5.44. The second kappa shape index (κ2) is 8.16. The zero-order valence-electron chi connectivity index (χ0n) is 14.0. The normalized spacial score (nSPS) is 12.7. The Kier molecular flexibility index (Phi) is 6.42. The molecule has 0 heterocycles. The van der Waals surface area contributed by atoms with Gasteiger partial charge in [0.2, 0.25) is 10.0 Å². The van der Waals surface area contributed by atoms with Crippen LogP contribution in [0.3, 0.4) is 0 Å². The first-order valence-corrected chi connectivity index (χ1v) is 9.86. The standard InChI is InChI=1S/C17H19BrFNO4S/c1-11(15-9-14(23-2)6-7-17(15)24-3)20-25(21,22)10-12-4-5-13(18)8-16(12)19/h4-9,11,20H,10H2,1-3H3. The maximum absolute atomic E-state index is 13.9. The van der Waals surface area contributed by atoms with Crippen molar-refractivity contribution in [3.63, 3.8) is 0 Å². The molecular weight excluding hydrogens is 413 g/mol. The van der Waals surface area contributed by atoms with Crippen molar-refractivity contribution in [2.45, 2.75) is 18.7 Å². The fourth-order valence-electron chi connectivity index (χ4n) is 2.40. The van der Waals surface area contributed by atoms with Crippen molar-refractivity contribution in [3.8, 4) is 11.5 Å². The van der Waals surface area contributed by atoms with Gasteiger partial charge in [-0.2, -0.15) is 0 Å². The van der Waals surface area contributed by atoms with Crippen molar-refractivity contribution in [1.29, 1.82) is 0 Å². The summed E-state index contributed by atoms with van der Waals surface area (Å²) in [5, 5.41) is 0. The maximum Gasteiger partial charge on any atom is 0.216 e. The number of sulfonamides is 1. The molecule has 25 heavy (non-hydrogen) atoms. The summed E-state index contributed by atoms with van der Waals surface area (Å²) in [4.78, 5) is 0. The van der Waals surface area contributed by atoms with Gasteiger partial charge in [0.1, 0.15) is 17.3 Å². The Morgan fingerprint density at radius 1 is 1.16 bits per heavy atom. The third-order valence-corrected chi connectivity index (χ3v) is 5.52. The second-order valence-corrected chi connectivity index (χ2v) is 8.11. The number of benzene rings is 2. The molecule has 0 saturated heterocycles. The van der Waals surface area contributed by atoms with Crippen molar-refractivity contribution >= 4 is 26.0 Å².